The van der Waals surface area contributed by atoms with Crippen LogP contribution in [0.25, 0.3) is 11.1 Å². The summed E-state index contributed by atoms with van der Waals surface area (Å²) in [7, 11) is 1.69. The van der Waals surface area contributed by atoms with Crippen LogP contribution in [0.3, 0.4) is 0 Å². The van der Waals surface area contributed by atoms with E-state index in [2.05, 4.69) is 20.7 Å². The molecular weight excluding hydrogens is 386 g/mol. The molecule has 1 aliphatic heterocycles. The van der Waals surface area contributed by atoms with E-state index in [4.69, 9.17) is 9.47 Å². The van der Waals surface area contributed by atoms with Gasteiger partial charge < -0.3 is 20.1 Å². The predicted octanol–water partition coefficient (Wildman–Crippen LogP) is 1.87. The minimum atomic E-state index is -0.389. The largest absolute Gasteiger partial charge is 0.475 e. The van der Waals surface area contributed by atoms with Gasteiger partial charge in [-0.3, -0.25) is 14.3 Å². The Kier molecular flexibility index (Phi) is 5.71. The van der Waals surface area contributed by atoms with Gasteiger partial charge in [0.2, 0.25) is 5.88 Å². The number of aromatic nitrogens is 3. The Balaban J connectivity index is 1.68. The molecule has 3 aromatic rings. The zero-order valence-corrected chi connectivity index (χ0v) is 16.4. The number of aryl methyl sites for hydroxylation is 1. The second-order valence-corrected chi connectivity index (χ2v) is 6.70. The summed E-state index contributed by atoms with van der Waals surface area (Å²) < 4.78 is 12.6. The molecular formula is C21H21N5O4. The highest BCUT2D eigenvalue weighted by atomic mass is 16.5. The third-order valence-corrected chi connectivity index (χ3v) is 4.49. The average molecular weight is 407 g/mol. The quantitative estimate of drug-likeness (QED) is 0.589. The summed E-state index contributed by atoms with van der Waals surface area (Å²) in [6.45, 7) is 1.32. The predicted molar refractivity (Wildman–Crippen MR) is 109 cm³/mol. The van der Waals surface area contributed by atoms with Crippen molar-refractivity contribution in [3.63, 3.8) is 0 Å². The maximum atomic E-state index is 12.8. The molecule has 0 atom stereocenters. The van der Waals surface area contributed by atoms with Gasteiger partial charge in [0.25, 0.3) is 11.8 Å². The number of fused-ring (bicyclic) bond motifs is 6. The van der Waals surface area contributed by atoms with E-state index in [-0.39, 0.29) is 17.5 Å². The number of anilines is 1. The van der Waals surface area contributed by atoms with Gasteiger partial charge in [-0.15, -0.1) is 0 Å². The number of rotatable bonds is 0. The van der Waals surface area contributed by atoms with Crippen LogP contribution in [-0.2, 0) is 11.8 Å². The minimum absolute atomic E-state index is 0.144. The minimum Gasteiger partial charge on any atom is -0.475 e. The molecule has 0 saturated heterocycles. The first kappa shape index (κ1) is 19.6. The Morgan fingerprint density at radius 1 is 1.00 bits per heavy atom. The van der Waals surface area contributed by atoms with Crippen molar-refractivity contribution in [2.75, 3.05) is 31.7 Å². The highest BCUT2D eigenvalue weighted by Crippen LogP contribution is 2.24. The first-order valence-electron chi connectivity index (χ1n) is 9.50. The van der Waals surface area contributed by atoms with Gasteiger partial charge in [0.05, 0.1) is 18.9 Å². The lowest BCUT2D eigenvalue weighted by Gasteiger charge is -2.11. The average Bonchev–Trinajstić information content (AvgIpc) is 3.12. The molecule has 0 aliphatic carbocycles. The lowest BCUT2D eigenvalue weighted by atomic mass is 10.0. The maximum Gasteiger partial charge on any atom is 0.274 e. The number of nitrogens with one attached hydrogen (secondary N) is 2. The normalized spacial score (nSPS) is 15.1. The summed E-state index contributed by atoms with van der Waals surface area (Å²) in [6, 6.07) is 10.9. The number of benzene rings is 1. The van der Waals surface area contributed by atoms with E-state index in [1.807, 2.05) is 18.2 Å². The van der Waals surface area contributed by atoms with Crippen LogP contribution in [0.1, 0.15) is 20.8 Å². The second-order valence-electron chi connectivity index (χ2n) is 6.70. The van der Waals surface area contributed by atoms with Crippen LogP contribution < -0.4 is 15.4 Å². The number of ether oxygens (including phenoxy) is 2. The third kappa shape index (κ3) is 4.47. The molecule has 4 bridgehead atoms. The molecule has 1 aliphatic rings. The number of hydrogen-bond donors (Lipinski definition) is 2. The highest BCUT2D eigenvalue weighted by molar-refractivity contribution is 6.08. The fourth-order valence-electron chi connectivity index (χ4n) is 3.08. The summed E-state index contributed by atoms with van der Waals surface area (Å²) in [5.41, 5.74) is 2.66. The molecule has 0 saturated carbocycles. The van der Waals surface area contributed by atoms with Gasteiger partial charge in [0.15, 0.2) is 5.69 Å². The van der Waals surface area contributed by atoms with Gasteiger partial charge in [0.1, 0.15) is 6.61 Å². The molecule has 3 heterocycles. The van der Waals surface area contributed by atoms with Crippen LogP contribution >= 0.6 is 0 Å². The van der Waals surface area contributed by atoms with Crippen LogP contribution in [0.15, 0.2) is 48.8 Å². The fraction of sp³-hybridized carbons (Fsp3) is 0.238. The van der Waals surface area contributed by atoms with E-state index in [1.54, 1.807) is 37.6 Å². The van der Waals surface area contributed by atoms with Gasteiger partial charge >= 0.3 is 0 Å². The van der Waals surface area contributed by atoms with Crippen LogP contribution in [-0.4, -0.2) is 52.9 Å². The summed E-state index contributed by atoms with van der Waals surface area (Å²) in [5.74, 6) is -0.256. The maximum absolute atomic E-state index is 12.8. The van der Waals surface area contributed by atoms with Crippen molar-refractivity contribution >= 4 is 17.5 Å². The van der Waals surface area contributed by atoms with Crippen molar-refractivity contribution in [2.24, 2.45) is 7.05 Å². The highest BCUT2D eigenvalue weighted by Gasteiger charge is 2.19. The zero-order chi connectivity index (χ0) is 20.9. The van der Waals surface area contributed by atoms with Crippen LogP contribution in [0.2, 0.25) is 0 Å². The molecule has 30 heavy (non-hydrogen) atoms. The number of hydrogen-bond acceptors (Lipinski definition) is 6. The standard InChI is InChI=1S/C21H21N5O4/c1-26-13-17-19(25-26)21(28)23-7-8-29-9-10-30-18-12-15(5-6-22-18)14-3-2-4-16(11-14)20(27)24-17/h2-6,11-13H,7-10H2,1H3,(H,23,28)(H,24,27). The number of carbonyl (C=O) groups excluding carboxylic acids is 2. The molecule has 0 spiro atoms. The Labute approximate surface area is 173 Å². The number of amides is 2. The van der Waals surface area contributed by atoms with Crippen molar-refractivity contribution in [1.29, 1.82) is 0 Å². The van der Waals surface area contributed by atoms with E-state index in [9.17, 15) is 9.59 Å². The molecule has 9 heteroatoms. The van der Waals surface area contributed by atoms with Gasteiger partial charge in [-0.1, -0.05) is 12.1 Å². The van der Waals surface area contributed by atoms with Gasteiger partial charge in [-0.05, 0) is 29.3 Å². The lowest BCUT2D eigenvalue weighted by molar-refractivity contribution is 0.0859. The number of pyridine rings is 1. The molecule has 2 N–H and O–H groups in total. The molecule has 2 aromatic heterocycles. The summed E-state index contributed by atoms with van der Waals surface area (Å²) in [5, 5.41) is 9.68. The summed E-state index contributed by atoms with van der Waals surface area (Å²) >= 11 is 0. The van der Waals surface area contributed by atoms with Crippen LogP contribution in [0.4, 0.5) is 5.69 Å². The Hall–Kier alpha value is -3.72. The molecule has 0 fully saturated rings. The fourth-order valence-corrected chi connectivity index (χ4v) is 3.08. The smallest absolute Gasteiger partial charge is 0.274 e. The molecule has 0 unspecified atom stereocenters. The van der Waals surface area contributed by atoms with Gasteiger partial charge in [0, 0.05) is 37.6 Å². The monoisotopic (exact) mass is 407 g/mol. The van der Waals surface area contributed by atoms with Crippen molar-refractivity contribution in [3.8, 4) is 17.0 Å². The van der Waals surface area contributed by atoms with Gasteiger partial charge in [-0.25, -0.2) is 4.98 Å². The van der Waals surface area contributed by atoms with Crippen molar-refractivity contribution in [1.82, 2.24) is 20.1 Å². The molecule has 2 amide bonds. The Morgan fingerprint density at radius 3 is 2.73 bits per heavy atom. The molecule has 1 aromatic carbocycles. The van der Waals surface area contributed by atoms with Crippen molar-refractivity contribution in [3.05, 3.63) is 60.0 Å². The van der Waals surface area contributed by atoms with Crippen molar-refractivity contribution in [2.45, 2.75) is 0 Å². The first-order chi connectivity index (χ1) is 14.6. The third-order valence-electron chi connectivity index (χ3n) is 4.49. The summed E-state index contributed by atoms with van der Waals surface area (Å²) in [4.78, 5) is 29.5. The van der Waals surface area contributed by atoms with Gasteiger partial charge in [-0.2, -0.15) is 5.10 Å². The molecule has 4 rings (SSSR count). The summed E-state index contributed by atoms with van der Waals surface area (Å²) in [6.07, 6.45) is 3.26. The van der Waals surface area contributed by atoms with E-state index in [1.165, 1.54) is 4.68 Å². The van der Waals surface area contributed by atoms with E-state index >= 15 is 0 Å². The van der Waals surface area contributed by atoms with E-state index in [0.29, 0.717) is 43.5 Å². The second kappa shape index (κ2) is 8.75. The Bertz CT molecular complexity index is 1080. The lowest BCUT2D eigenvalue weighted by Crippen LogP contribution is -2.29. The van der Waals surface area contributed by atoms with Crippen molar-refractivity contribution < 1.29 is 19.1 Å². The number of nitrogens with zero attached hydrogens (tertiary/aromatic N) is 3. The molecule has 154 valence electrons. The molecule has 0 radical (unpaired) electrons. The zero-order valence-electron chi connectivity index (χ0n) is 16.4. The first-order valence-corrected chi connectivity index (χ1v) is 9.50. The Morgan fingerprint density at radius 2 is 1.83 bits per heavy atom. The molecule has 9 nitrogen and oxygen atoms in total. The van der Waals surface area contributed by atoms with E-state index in [0.717, 1.165) is 11.1 Å². The van der Waals surface area contributed by atoms with Crippen LogP contribution in [0.5, 0.6) is 5.88 Å². The van der Waals surface area contributed by atoms with E-state index < -0.39 is 0 Å². The topological polar surface area (TPSA) is 107 Å². The van der Waals surface area contributed by atoms with Crippen LogP contribution in [0, 0.1) is 0 Å². The number of carbonyl (C=O) groups is 2. The SMILES string of the molecule is Cn1cc2c(n1)C(=O)NCCOCCOc1cc(ccn1)-c1cccc(c1)C(=O)N2.